The molecule has 0 amide bonds. The summed E-state index contributed by atoms with van der Waals surface area (Å²) in [6, 6.07) is 37.7. The van der Waals surface area contributed by atoms with Gasteiger partial charge in [-0.25, -0.2) is 9.97 Å². The second-order valence-corrected chi connectivity index (χ2v) is 8.49. The molecule has 152 valence electrons. The smallest absolute Gasteiger partial charge is 0.161 e. The van der Waals surface area contributed by atoms with E-state index in [2.05, 4.69) is 110 Å². The van der Waals surface area contributed by atoms with Crippen molar-refractivity contribution in [1.29, 1.82) is 0 Å². The summed E-state index contributed by atoms with van der Waals surface area (Å²) in [4.78, 5) is 9.44. The first-order valence-corrected chi connectivity index (χ1v) is 11.3. The zero-order valence-electron chi connectivity index (χ0n) is 17.1. The van der Waals surface area contributed by atoms with Gasteiger partial charge in [-0.05, 0) is 58.4 Å². The third-order valence-electron chi connectivity index (χ3n) is 5.73. The molecule has 6 aromatic rings. The Morgan fingerprint density at radius 3 is 1.81 bits per heavy atom. The van der Waals surface area contributed by atoms with Crippen LogP contribution in [0, 0.1) is 0 Å². The van der Waals surface area contributed by atoms with E-state index < -0.39 is 0 Å². The van der Waals surface area contributed by atoms with Crippen LogP contribution in [-0.4, -0.2) is 14.5 Å². The summed E-state index contributed by atoms with van der Waals surface area (Å²) < 4.78 is 3.08. The van der Waals surface area contributed by atoms with Crippen LogP contribution in [0.4, 0.5) is 0 Å². The van der Waals surface area contributed by atoms with E-state index >= 15 is 0 Å². The molecule has 0 spiro atoms. The maximum atomic E-state index is 4.82. The van der Waals surface area contributed by atoms with Gasteiger partial charge in [-0.1, -0.05) is 66.7 Å². The third kappa shape index (κ3) is 3.20. The van der Waals surface area contributed by atoms with Crippen LogP contribution in [0.25, 0.3) is 50.1 Å². The number of nitrogens with zero attached hydrogens (tertiary/aromatic N) is 3. The number of aromatic nitrogens is 3. The molecule has 4 aromatic carbocycles. The molecule has 2 heterocycles. The molecule has 4 heteroatoms. The van der Waals surface area contributed by atoms with Crippen molar-refractivity contribution in [3.63, 3.8) is 0 Å². The lowest BCUT2D eigenvalue weighted by atomic mass is 10.1. The third-order valence-corrected chi connectivity index (χ3v) is 6.13. The average Bonchev–Trinajstić information content (AvgIpc) is 3.19. The lowest BCUT2D eigenvalue weighted by molar-refractivity contribution is 1.14. The van der Waals surface area contributed by atoms with Crippen molar-refractivity contribution in [2.45, 2.75) is 0 Å². The number of hydrogen-bond acceptors (Lipinski definition) is 2. The number of rotatable bonds is 3. The highest BCUT2D eigenvalue weighted by atomic mass is 79.9. The molecule has 0 aliphatic heterocycles. The summed E-state index contributed by atoms with van der Waals surface area (Å²) in [5.74, 6) is 0.701. The summed E-state index contributed by atoms with van der Waals surface area (Å²) in [5, 5.41) is 2.52. The lowest BCUT2D eigenvalue weighted by Crippen LogP contribution is -1.96. The monoisotopic (exact) mass is 475 g/mol. The van der Waals surface area contributed by atoms with Crippen LogP contribution >= 0.6 is 15.9 Å². The summed E-state index contributed by atoms with van der Waals surface area (Å²) in [7, 11) is 0. The Kier molecular flexibility index (Phi) is 4.58. The first-order chi connectivity index (χ1) is 15.8. The topological polar surface area (TPSA) is 30.7 Å². The normalized spacial score (nSPS) is 11.3. The first kappa shape index (κ1) is 19.0. The molecular weight excluding hydrogens is 458 g/mol. The lowest BCUT2D eigenvalue weighted by Gasteiger charge is -2.10. The van der Waals surface area contributed by atoms with E-state index in [4.69, 9.17) is 4.98 Å². The SMILES string of the molecule is Brc1cc(-c2ccccc2)nc(-c2ccc(-n3c4ccccc4c4ccccc43)cc2)n1. The van der Waals surface area contributed by atoms with Crippen LogP contribution in [-0.2, 0) is 0 Å². The Labute approximate surface area is 194 Å². The predicted molar refractivity (Wildman–Crippen MR) is 135 cm³/mol. The fourth-order valence-corrected chi connectivity index (χ4v) is 4.65. The predicted octanol–water partition coefficient (Wildman–Crippen LogP) is 7.67. The highest BCUT2D eigenvalue weighted by molar-refractivity contribution is 9.10. The van der Waals surface area contributed by atoms with Gasteiger partial charge in [0.25, 0.3) is 0 Å². The van der Waals surface area contributed by atoms with Gasteiger partial charge in [0.1, 0.15) is 4.60 Å². The van der Waals surface area contributed by atoms with Crippen molar-refractivity contribution >= 4 is 37.7 Å². The van der Waals surface area contributed by atoms with Gasteiger partial charge >= 0.3 is 0 Å². The molecule has 0 saturated heterocycles. The van der Waals surface area contributed by atoms with Gasteiger partial charge in [-0.3, -0.25) is 0 Å². The molecule has 0 radical (unpaired) electrons. The van der Waals surface area contributed by atoms with E-state index in [0.717, 1.165) is 27.1 Å². The van der Waals surface area contributed by atoms with Crippen molar-refractivity contribution in [2.75, 3.05) is 0 Å². The van der Waals surface area contributed by atoms with Crippen LogP contribution in [0.15, 0.2) is 114 Å². The fraction of sp³-hybridized carbons (Fsp3) is 0. The van der Waals surface area contributed by atoms with E-state index in [9.17, 15) is 0 Å². The van der Waals surface area contributed by atoms with Gasteiger partial charge in [0.15, 0.2) is 5.82 Å². The standard InChI is InChI=1S/C28H18BrN3/c29-27-18-24(19-8-2-1-3-9-19)30-28(31-27)20-14-16-21(17-15-20)32-25-12-6-4-10-22(25)23-11-5-7-13-26(23)32/h1-18H. The van der Waals surface area contributed by atoms with Crippen molar-refractivity contribution in [1.82, 2.24) is 14.5 Å². The zero-order chi connectivity index (χ0) is 21.5. The van der Waals surface area contributed by atoms with Gasteiger partial charge in [0.2, 0.25) is 0 Å². The zero-order valence-corrected chi connectivity index (χ0v) is 18.7. The summed E-state index contributed by atoms with van der Waals surface area (Å²) in [6.45, 7) is 0. The number of halogens is 1. The summed E-state index contributed by atoms with van der Waals surface area (Å²) >= 11 is 3.55. The molecule has 0 saturated carbocycles. The van der Waals surface area contributed by atoms with Gasteiger partial charge < -0.3 is 4.57 Å². The van der Waals surface area contributed by atoms with Crippen molar-refractivity contribution in [3.05, 3.63) is 114 Å². The van der Waals surface area contributed by atoms with E-state index in [1.165, 1.54) is 21.8 Å². The number of para-hydroxylation sites is 2. The average molecular weight is 476 g/mol. The van der Waals surface area contributed by atoms with Crippen LogP contribution < -0.4 is 0 Å². The number of benzene rings is 4. The van der Waals surface area contributed by atoms with Crippen LogP contribution in [0.5, 0.6) is 0 Å². The van der Waals surface area contributed by atoms with Crippen molar-refractivity contribution in [2.24, 2.45) is 0 Å². The van der Waals surface area contributed by atoms with E-state index in [1.807, 2.05) is 24.3 Å². The Bertz CT molecular complexity index is 1510. The second-order valence-electron chi connectivity index (χ2n) is 7.68. The Morgan fingerprint density at radius 1 is 0.562 bits per heavy atom. The molecular formula is C28H18BrN3. The molecule has 0 aliphatic rings. The second kappa shape index (κ2) is 7.74. The quantitative estimate of drug-likeness (QED) is 0.246. The minimum Gasteiger partial charge on any atom is -0.309 e. The van der Waals surface area contributed by atoms with E-state index in [1.54, 1.807) is 0 Å². The molecule has 32 heavy (non-hydrogen) atoms. The molecule has 0 fully saturated rings. The van der Waals surface area contributed by atoms with Gasteiger partial charge in [-0.2, -0.15) is 0 Å². The first-order valence-electron chi connectivity index (χ1n) is 10.5. The van der Waals surface area contributed by atoms with Crippen LogP contribution in [0.1, 0.15) is 0 Å². The summed E-state index contributed by atoms with van der Waals surface area (Å²) in [6.07, 6.45) is 0. The van der Waals surface area contributed by atoms with Gasteiger partial charge in [0.05, 0.1) is 16.7 Å². The molecule has 0 unspecified atom stereocenters. The van der Waals surface area contributed by atoms with Crippen LogP contribution in [0.3, 0.4) is 0 Å². The Balaban J connectivity index is 1.46. The van der Waals surface area contributed by atoms with E-state index in [0.29, 0.717) is 5.82 Å². The van der Waals surface area contributed by atoms with E-state index in [-0.39, 0.29) is 0 Å². The number of fused-ring (bicyclic) bond motifs is 3. The molecule has 0 aliphatic carbocycles. The van der Waals surface area contributed by atoms with Crippen molar-refractivity contribution in [3.8, 4) is 28.3 Å². The minimum absolute atomic E-state index is 0.701. The Hall–Kier alpha value is -3.76. The molecule has 3 nitrogen and oxygen atoms in total. The highest BCUT2D eigenvalue weighted by Crippen LogP contribution is 2.32. The molecule has 6 rings (SSSR count). The van der Waals surface area contributed by atoms with Gasteiger partial charge in [0, 0.05) is 27.6 Å². The molecule has 0 atom stereocenters. The number of hydrogen-bond donors (Lipinski definition) is 0. The maximum Gasteiger partial charge on any atom is 0.161 e. The largest absolute Gasteiger partial charge is 0.309 e. The minimum atomic E-state index is 0.701. The molecule has 0 N–H and O–H groups in total. The van der Waals surface area contributed by atoms with Crippen LogP contribution in [0.2, 0.25) is 0 Å². The summed E-state index contributed by atoms with van der Waals surface area (Å²) in [5.41, 5.74) is 6.46. The maximum absolute atomic E-state index is 4.82. The van der Waals surface area contributed by atoms with Crippen molar-refractivity contribution < 1.29 is 0 Å². The molecule has 0 bridgehead atoms. The Morgan fingerprint density at radius 2 is 1.16 bits per heavy atom. The van der Waals surface area contributed by atoms with Gasteiger partial charge in [-0.15, -0.1) is 0 Å². The fourth-order valence-electron chi connectivity index (χ4n) is 4.26. The highest BCUT2D eigenvalue weighted by Gasteiger charge is 2.12. The molecule has 2 aromatic heterocycles.